The fourth-order valence-corrected chi connectivity index (χ4v) is 3.62. The van der Waals surface area contributed by atoms with Crippen LogP contribution in [0, 0.1) is 31.1 Å². The van der Waals surface area contributed by atoms with Gasteiger partial charge in [0.2, 0.25) is 0 Å². The number of thiophene rings is 1. The summed E-state index contributed by atoms with van der Waals surface area (Å²) in [4.78, 5) is 25.9. The summed E-state index contributed by atoms with van der Waals surface area (Å²) in [6.07, 6.45) is 1.50. The lowest BCUT2D eigenvalue weighted by atomic mass is 10.1. The third kappa shape index (κ3) is 5.94. The van der Waals surface area contributed by atoms with Gasteiger partial charge in [0.15, 0.2) is 0 Å². The van der Waals surface area contributed by atoms with E-state index in [9.17, 15) is 14.9 Å². The predicted molar refractivity (Wildman–Crippen MR) is 119 cm³/mol. The van der Waals surface area contributed by atoms with Crippen molar-refractivity contribution in [2.24, 2.45) is 5.92 Å². The molecule has 1 amide bonds. The first-order valence-corrected chi connectivity index (χ1v) is 10.5. The molecule has 1 aromatic heterocycles. The second-order valence-electron chi connectivity index (χ2n) is 7.11. The smallest absolute Gasteiger partial charge is 0.341 e. The Morgan fingerprint density at radius 2 is 1.90 bits per heavy atom. The van der Waals surface area contributed by atoms with Gasteiger partial charge in [-0.1, -0.05) is 26.0 Å². The molecule has 0 saturated heterocycles. The fraction of sp³-hybridized carbons (Fsp3) is 0.348. The molecule has 0 radical (unpaired) electrons. The van der Waals surface area contributed by atoms with Crippen LogP contribution in [0.15, 0.2) is 29.8 Å². The van der Waals surface area contributed by atoms with Crippen molar-refractivity contribution in [3.8, 4) is 11.8 Å². The summed E-state index contributed by atoms with van der Waals surface area (Å²) in [6.45, 7) is 10.4. The lowest BCUT2D eigenvalue weighted by Gasteiger charge is -2.09. The van der Waals surface area contributed by atoms with Crippen LogP contribution in [0.3, 0.4) is 0 Å². The number of nitriles is 1. The molecule has 2 aromatic rings. The number of hydrogen-bond acceptors (Lipinski definition) is 6. The van der Waals surface area contributed by atoms with E-state index >= 15 is 0 Å². The Morgan fingerprint density at radius 1 is 1.23 bits per heavy atom. The maximum Gasteiger partial charge on any atom is 0.341 e. The van der Waals surface area contributed by atoms with Gasteiger partial charge in [0.25, 0.3) is 5.91 Å². The molecule has 1 N–H and O–H groups in total. The summed E-state index contributed by atoms with van der Waals surface area (Å²) >= 11 is 1.28. The van der Waals surface area contributed by atoms with Gasteiger partial charge < -0.3 is 14.8 Å². The van der Waals surface area contributed by atoms with Crippen LogP contribution in [0.5, 0.6) is 5.75 Å². The number of ether oxygens (including phenoxy) is 2. The van der Waals surface area contributed by atoms with E-state index in [0.717, 1.165) is 16.2 Å². The molecule has 1 heterocycles. The average molecular weight is 427 g/mol. The summed E-state index contributed by atoms with van der Waals surface area (Å²) in [5.41, 5.74) is 1.72. The summed E-state index contributed by atoms with van der Waals surface area (Å²) in [7, 11) is 0. The maximum atomic E-state index is 12.7. The quantitative estimate of drug-likeness (QED) is 0.359. The van der Waals surface area contributed by atoms with Crippen molar-refractivity contribution in [1.29, 1.82) is 5.26 Å². The third-order valence-corrected chi connectivity index (χ3v) is 5.35. The highest BCUT2D eigenvalue weighted by atomic mass is 32.1. The van der Waals surface area contributed by atoms with Crippen molar-refractivity contribution >= 4 is 34.3 Å². The van der Waals surface area contributed by atoms with Crippen LogP contribution in [0.2, 0.25) is 0 Å². The zero-order chi connectivity index (χ0) is 22.3. The molecule has 30 heavy (non-hydrogen) atoms. The van der Waals surface area contributed by atoms with Gasteiger partial charge in [-0.05, 0) is 56.0 Å². The average Bonchev–Trinajstić information content (AvgIpc) is 2.98. The number of nitrogens with one attached hydrogen (secondary N) is 1. The maximum absolute atomic E-state index is 12.7. The largest absolute Gasteiger partial charge is 0.493 e. The molecule has 1 aromatic carbocycles. The Balaban J connectivity index is 2.20. The second kappa shape index (κ2) is 10.6. The molecule has 0 spiro atoms. The molecular formula is C23H26N2O4S. The van der Waals surface area contributed by atoms with Crippen molar-refractivity contribution < 1.29 is 19.1 Å². The molecule has 7 heteroatoms. The van der Waals surface area contributed by atoms with E-state index in [-0.39, 0.29) is 12.2 Å². The SMILES string of the molecule is CCOC(=O)c1c(NC(=O)C(C#N)=Cc2ccc(OCC(C)C)cc2)sc(C)c1C. The lowest BCUT2D eigenvalue weighted by molar-refractivity contribution is -0.112. The summed E-state index contributed by atoms with van der Waals surface area (Å²) in [5.74, 6) is 0.0773. The van der Waals surface area contributed by atoms with E-state index in [2.05, 4.69) is 19.2 Å². The standard InChI is InChI=1S/C23H26N2O4S/c1-6-28-23(27)20-15(4)16(5)30-22(20)25-21(26)18(12-24)11-17-7-9-19(10-8-17)29-13-14(2)3/h7-11,14H,6,13H2,1-5H3,(H,25,26). The highest BCUT2D eigenvalue weighted by Crippen LogP contribution is 2.33. The number of nitrogens with zero attached hydrogens (tertiary/aromatic N) is 1. The van der Waals surface area contributed by atoms with Crippen molar-refractivity contribution in [1.82, 2.24) is 0 Å². The van der Waals surface area contributed by atoms with Crippen molar-refractivity contribution in [2.45, 2.75) is 34.6 Å². The van der Waals surface area contributed by atoms with E-state index in [4.69, 9.17) is 9.47 Å². The number of anilines is 1. The van der Waals surface area contributed by atoms with Gasteiger partial charge in [-0.3, -0.25) is 4.79 Å². The van der Waals surface area contributed by atoms with E-state index in [1.807, 2.05) is 13.0 Å². The van der Waals surface area contributed by atoms with Crippen molar-refractivity contribution in [3.05, 3.63) is 51.4 Å². The van der Waals surface area contributed by atoms with E-state index in [0.29, 0.717) is 28.7 Å². The Morgan fingerprint density at radius 3 is 2.47 bits per heavy atom. The number of amides is 1. The van der Waals surface area contributed by atoms with Crippen LogP contribution in [-0.2, 0) is 9.53 Å². The predicted octanol–water partition coefficient (Wildman–Crippen LogP) is 5.12. The van der Waals surface area contributed by atoms with E-state index in [1.165, 1.54) is 17.4 Å². The summed E-state index contributed by atoms with van der Waals surface area (Å²) in [6, 6.07) is 9.08. The highest BCUT2D eigenvalue weighted by molar-refractivity contribution is 7.16. The lowest BCUT2D eigenvalue weighted by Crippen LogP contribution is -2.16. The molecular weight excluding hydrogens is 400 g/mol. The summed E-state index contributed by atoms with van der Waals surface area (Å²) in [5, 5.41) is 12.5. The van der Waals surface area contributed by atoms with Gasteiger partial charge in [-0.25, -0.2) is 4.79 Å². The Labute approximate surface area is 181 Å². The third-order valence-electron chi connectivity index (χ3n) is 4.23. The van der Waals surface area contributed by atoms with Crippen LogP contribution in [-0.4, -0.2) is 25.1 Å². The van der Waals surface area contributed by atoms with E-state index < -0.39 is 11.9 Å². The van der Waals surface area contributed by atoms with Crippen molar-refractivity contribution in [3.63, 3.8) is 0 Å². The first-order valence-electron chi connectivity index (χ1n) is 9.69. The van der Waals surface area contributed by atoms with Crippen LogP contribution >= 0.6 is 11.3 Å². The molecule has 2 rings (SSSR count). The van der Waals surface area contributed by atoms with Gasteiger partial charge >= 0.3 is 5.97 Å². The number of carbonyl (C=O) groups excluding carboxylic acids is 2. The topological polar surface area (TPSA) is 88.4 Å². The molecule has 0 aliphatic carbocycles. The molecule has 0 unspecified atom stereocenters. The molecule has 0 saturated carbocycles. The van der Waals surface area contributed by atoms with Crippen LogP contribution < -0.4 is 10.1 Å². The number of rotatable bonds is 8. The van der Waals surface area contributed by atoms with Gasteiger partial charge in [0.1, 0.15) is 22.4 Å². The molecule has 0 aliphatic heterocycles. The summed E-state index contributed by atoms with van der Waals surface area (Å²) < 4.78 is 10.7. The van der Waals surface area contributed by atoms with Gasteiger partial charge in [-0.2, -0.15) is 5.26 Å². The number of benzene rings is 1. The molecule has 6 nitrogen and oxygen atoms in total. The Kier molecular flexibility index (Phi) is 8.19. The monoisotopic (exact) mass is 426 g/mol. The van der Waals surface area contributed by atoms with Gasteiger partial charge in [0, 0.05) is 4.88 Å². The van der Waals surface area contributed by atoms with Gasteiger partial charge in [0.05, 0.1) is 18.8 Å². The van der Waals surface area contributed by atoms with Crippen LogP contribution in [0.25, 0.3) is 6.08 Å². The number of aryl methyl sites for hydroxylation is 1. The molecule has 0 atom stereocenters. The fourth-order valence-electron chi connectivity index (χ4n) is 2.57. The first-order chi connectivity index (χ1) is 14.3. The van der Waals surface area contributed by atoms with Crippen molar-refractivity contribution in [2.75, 3.05) is 18.5 Å². The Bertz CT molecular complexity index is 982. The first kappa shape index (κ1) is 23.2. The zero-order valence-electron chi connectivity index (χ0n) is 17.9. The minimum absolute atomic E-state index is 0.0654. The molecule has 158 valence electrons. The van der Waals surface area contributed by atoms with Crippen LogP contribution in [0.4, 0.5) is 5.00 Å². The van der Waals surface area contributed by atoms with Gasteiger partial charge in [-0.15, -0.1) is 11.3 Å². The number of carbonyl (C=O) groups is 2. The minimum atomic E-state index is -0.579. The van der Waals surface area contributed by atoms with E-state index in [1.54, 1.807) is 38.1 Å². The molecule has 0 fully saturated rings. The highest BCUT2D eigenvalue weighted by Gasteiger charge is 2.23. The Hall–Kier alpha value is -3.11. The normalized spacial score (nSPS) is 11.2. The van der Waals surface area contributed by atoms with Crippen LogP contribution in [0.1, 0.15) is 47.1 Å². The molecule has 0 aliphatic rings. The zero-order valence-corrected chi connectivity index (χ0v) is 18.7. The second-order valence-corrected chi connectivity index (χ2v) is 8.33. The number of esters is 1. The number of hydrogen-bond donors (Lipinski definition) is 1. The molecule has 0 bridgehead atoms. The minimum Gasteiger partial charge on any atom is -0.493 e.